The number of benzene rings is 1. The molecule has 0 heterocycles. The van der Waals surface area contributed by atoms with Gasteiger partial charge >= 0.3 is 0 Å². The Balaban J connectivity index is 2.33. The molecule has 0 atom stereocenters. The zero-order valence-corrected chi connectivity index (χ0v) is 12.3. The van der Waals surface area contributed by atoms with Gasteiger partial charge in [0.15, 0.2) is 0 Å². The van der Waals surface area contributed by atoms with Gasteiger partial charge in [-0.1, -0.05) is 6.92 Å². The number of aliphatic hydroxyl groups is 1. The summed E-state index contributed by atoms with van der Waals surface area (Å²) in [6.45, 7) is 3.93. The zero-order chi connectivity index (χ0) is 13.9. The number of aliphatic hydroxyl groups excluding tert-OH is 1. The quantitative estimate of drug-likeness (QED) is 0.455. The number of nitrogens with two attached hydrogens (primary N) is 1. The predicted molar refractivity (Wildman–Crippen MR) is 84.2 cm³/mol. The van der Waals surface area contributed by atoms with E-state index < -0.39 is 0 Å². The first-order chi connectivity index (χ1) is 9.27. The van der Waals surface area contributed by atoms with Crippen molar-refractivity contribution in [1.29, 1.82) is 0 Å². The minimum absolute atomic E-state index is 0.274. The number of rotatable bonds is 10. The highest BCUT2D eigenvalue weighted by Gasteiger charge is 2.01. The van der Waals surface area contributed by atoms with E-state index in [2.05, 4.69) is 12.2 Å². The summed E-state index contributed by atoms with van der Waals surface area (Å²) >= 11 is 1.84. The molecule has 0 aliphatic carbocycles. The van der Waals surface area contributed by atoms with Gasteiger partial charge in [-0.2, -0.15) is 11.8 Å². The number of ether oxygens (including phenoxy) is 1. The molecule has 0 aliphatic rings. The minimum atomic E-state index is 0.274. The normalized spacial score (nSPS) is 10.4. The van der Waals surface area contributed by atoms with Crippen molar-refractivity contribution in [2.24, 2.45) is 0 Å². The van der Waals surface area contributed by atoms with Crippen LogP contribution in [0.15, 0.2) is 18.2 Å². The maximum atomic E-state index is 8.67. The second-order valence-electron chi connectivity index (χ2n) is 4.22. The largest absolute Gasteiger partial charge is 0.491 e. The molecule has 0 radical (unpaired) electrons. The average molecular weight is 284 g/mol. The smallest absolute Gasteiger partial charge is 0.144 e. The Hall–Kier alpha value is -1.07. The second-order valence-corrected chi connectivity index (χ2v) is 5.44. The predicted octanol–water partition coefficient (Wildman–Crippen LogP) is 2.59. The fraction of sp³-hybridized carbons (Fsp3) is 0.571. The molecule has 1 rings (SSSR count). The topological polar surface area (TPSA) is 67.5 Å². The van der Waals surface area contributed by atoms with Crippen molar-refractivity contribution >= 4 is 23.1 Å². The van der Waals surface area contributed by atoms with Gasteiger partial charge in [0.2, 0.25) is 0 Å². The Labute approximate surface area is 119 Å². The summed E-state index contributed by atoms with van der Waals surface area (Å²) < 4.78 is 5.59. The molecule has 0 unspecified atom stereocenters. The first kappa shape index (κ1) is 16.0. The van der Waals surface area contributed by atoms with Crippen LogP contribution in [-0.2, 0) is 0 Å². The third-order valence-corrected chi connectivity index (χ3v) is 3.57. The average Bonchev–Trinajstić information content (AvgIpc) is 2.43. The van der Waals surface area contributed by atoms with E-state index in [1.165, 1.54) is 0 Å². The molecule has 0 amide bonds. The van der Waals surface area contributed by atoms with E-state index in [0.29, 0.717) is 12.3 Å². The fourth-order valence-electron chi connectivity index (χ4n) is 1.52. The van der Waals surface area contributed by atoms with Crippen molar-refractivity contribution in [3.8, 4) is 5.75 Å². The molecule has 1 aromatic carbocycles. The molecule has 0 bridgehead atoms. The second kappa shape index (κ2) is 9.81. The van der Waals surface area contributed by atoms with Crippen molar-refractivity contribution in [3.05, 3.63) is 18.2 Å². The number of thioether (sulfide) groups is 1. The lowest BCUT2D eigenvalue weighted by Crippen LogP contribution is -2.06. The van der Waals surface area contributed by atoms with Crippen LogP contribution in [0, 0.1) is 0 Å². The first-order valence-corrected chi connectivity index (χ1v) is 7.88. The van der Waals surface area contributed by atoms with Gasteiger partial charge in [-0.3, -0.25) is 0 Å². The molecule has 0 aromatic heterocycles. The van der Waals surface area contributed by atoms with Crippen LogP contribution in [0.1, 0.15) is 19.8 Å². The summed E-state index contributed by atoms with van der Waals surface area (Å²) in [6.07, 6.45) is 1.83. The molecule has 4 nitrogen and oxygen atoms in total. The third kappa shape index (κ3) is 6.59. The molecule has 0 spiro atoms. The summed E-state index contributed by atoms with van der Waals surface area (Å²) in [5, 5.41) is 12.0. The van der Waals surface area contributed by atoms with Crippen molar-refractivity contribution in [2.45, 2.75) is 19.8 Å². The minimum Gasteiger partial charge on any atom is -0.491 e. The summed E-state index contributed by atoms with van der Waals surface area (Å²) in [6, 6.07) is 5.78. The summed E-state index contributed by atoms with van der Waals surface area (Å²) in [4.78, 5) is 0. The van der Waals surface area contributed by atoms with Crippen LogP contribution in [0.25, 0.3) is 0 Å². The van der Waals surface area contributed by atoms with Gasteiger partial charge < -0.3 is 20.9 Å². The van der Waals surface area contributed by atoms with E-state index in [-0.39, 0.29) is 6.61 Å². The van der Waals surface area contributed by atoms with Gasteiger partial charge in [0, 0.05) is 30.7 Å². The Kier molecular flexibility index (Phi) is 8.25. The molecule has 1 aromatic rings. The van der Waals surface area contributed by atoms with Crippen LogP contribution in [-0.4, -0.2) is 36.4 Å². The van der Waals surface area contributed by atoms with E-state index in [9.17, 15) is 0 Å². The molecule has 5 heteroatoms. The molecular weight excluding hydrogens is 260 g/mol. The van der Waals surface area contributed by atoms with Crippen LogP contribution in [0.3, 0.4) is 0 Å². The lowest BCUT2D eigenvalue weighted by atomic mass is 10.2. The van der Waals surface area contributed by atoms with E-state index in [0.717, 1.165) is 42.3 Å². The van der Waals surface area contributed by atoms with Crippen LogP contribution >= 0.6 is 11.8 Å². The van der Waals surface area contributed by atoms with Gasteiger partial charge in [0.25, 0.3) is 0 Å². The number of anilines is 2. The molecule has 19 heavy (non-hydrogen) atoms. The molecule has 0 fully saturated rings. The summed E-state index contributed by atoms with van der Waals surface area (Å²) in [7, 11) is 0. The monoisotopic (exact) mass is 284 g/mol. The SMILES string of the molecule is CCCOc1cc(NCCSCCCO)ccc1N. The molecule has 108 valence electrons. The summed E-state index contributed by atoms with van der Waals surface area (Å²) in [5.74, 6) is 2.78. The zero-order valence-electron chi connectivity index (χ0n) is 11.5. The highest BCUT2D eigenvalue weighted by atomic mass is 32.2. The molecule has 0 aliphatic heterocycles. The van der Waals surface area contributed by atoms with E-state index >= 15 is 0 Å². The highest BCUT2D eigenvalue weighted by Crippen LogP contribution is 2.25. The Morgan fingerprint density at radius 1 is 1.37 bits per heavy atom. The lowest BCUT2D eigenvalue weighted by Gasteiger charge is -2.11. The summed E-state index contributed by atoms with van der Waals surface area (Å²) in [5.41, 5.74) is 7.57. The van der Waals surface area contributed by atoms with Crippen molar-refractivity contribution < 1.29 is 9.84 Å². The van der Waals surface area contributed by atoms with Crippen LogP contribution in [0.2, 0.25) is 0 Å². The third-order valence-electron chi connectivity index (χ3n) is 2.50. The van der Waals surface area contributed by atoms with Crippen LogP contribution in [0.4, 0.5) is 11.4 Å². The van der Waals surface area contributed by atoms with Gasteiger partial charge in [-0.25, -0.2) is 0 Å². The standard InChI is InChI=1S/C14H24N2O2S/c1-2-8-18-14-11-12(4-5-13(14)15)16-6-10-19-9-3-7-17/h4-5,11,16-17H,2-3,6-10,15H2,1H3. The number of hydrogen-bond donors (Lipinski definition) is 3. The Morgan fingerprint density at radius 2 is 2.21 bits per heavy atom. The van der Waals surface area contributed by atoms with Gasteiger partial charge in [0.1, 0.15) is 5.75 Å². The maximum absolute atomic E-state index is 8.67. The van der Waals surface area contributed by atoms with Crippen LogP contribution < -0.4 is 15.8 Å². The van der Waals surface area contributed by atoms with Crippen molar-refractivity contribution in [1.82, 2.24) is 0 Å². The van der Waals surface area contributed by atoms with E-state index in [4.69, 9.17) is 15.6 Å². The number of nitrogens with one attached hydrogen (secondary N) is 1. The van der Waals surface area contributed by atoms with Gasteiger partial charge in [0.05, 0.1) is 12.3 Å². The Morgan fingerprint density at radius 3 is 2.95 bits per heavy atom. The van der Waals surface area contributed by atoms with E-state index in [1.807, 2.05) is 30.0 Å². The van der Waals surface area contributed by atoms with Gasteiger partial charge in [-0.15, -0.1) is 0 Å². The Bertz CT molecular complexity index is 361. The number of nitrogen functional groups attached to an aromatic ring is 1. The first-order valence-electron chi connectivity index (χ1n) is 6.72. The van der Waals surface area contributed by atoms with Gasteiger partial charge in [-0.05, 0) is 30.7 Å². The molecular formula is C14H24N2O2S. The lowest BCUT2D eigenvalue weighted by molar-refractivity contribution is 0.296. The highest BCUT2D eigenvalue weighted by molar-refractivity contribution is 7.99. The molecule has 0 saturated heterocycles. The maximum Gasteiger partial charge on any atom is 0.144 e. The van der Waals surface area contributed by atoms with E-state index in [1.54, 1.807) is 0 Å². The van der Waals surface area contributed by atoms with Crippen molar-refractivity contribution in [2.75, 3.05) is 42.3 Å². The number of hydrogen-bond acceptors (Lipinski definition) is 5. The molecule has 0 saturated carbocycles. The van der Waals surface area contributed by atoms with Crippen LogP contribution in [0.5, 0.6) is 5.75 Å². The van der Waals surface area contributed by atoms with Crippen molar-refractivity contribution in [3.63, 3.8) is 0 Å². The fourth-order valence-corrected chi connectivity index (χ4v) is 2.30. The molecule has 4 N–H and O–H groups in total.